The summed E-state index contributed by atoms with van der Waals surface area (Å²) in [4.78, 5) is 0. The first kappa shape index (κ1) is 37.2. The Kier molecular flexibility index (Phi) is 20.0. The first-order valence-corrected chi connectivity index (χ1v) is 20.3. The van der Waals surface area contributed by atoms with Gasteiger partial charge in [0.05, 0.1) is 0 Å². The Morgan fingerprint density at radius 3 is 1.59 bits per heavy atom. The summed E-state index contributed by atoms with van der Waals surface area (Å²) in [5.41, 5.74) is 0. The zero-order valence-electron chi connectivity index (χ0n) is 26.1. The minimum atomic E-state index is -2.64. The molecule has 0 aliphatic heterocycles. The van der Waals surface area contributed by atoms with Crippen molar-refractivity contribution in [2.75, 3.05) is 89.6 Å². The Morgan fingerprint density at radius 1 is 0.564 bits per heavy atom. The van der Waals surface area contributed by atoms with Crippen molar-refractivity contribution >= 4 is 26.3 Å². The van der Waals surface area contributed by atoms with Gasteiger partial charge in [0.15, 0.2) is 0 Å². The molecule has 1 aliphatic carbocycles. The average molecular weight is 614 g/mol. The smallest absolute Gasteiger partial charge is 0.386 e. The van der Waals surface area contributed by atoms with Gasteiger partial charge < -0.3 is 46.0 Å². The van der Waals surface area contributed by atoms with Crippen LogP contribution in [0.3, 0.4) is 0 Å². The Hall–Kier alpha value is 0.211. The normalized spacial score (nSPS) is 15.9. The third-order valence-corrected chi connectivity index (χ3v) is 17.3. The van der Waals surface area contributed by atoms with Gasteiger partial charge in [0, 0.05) is 94.1 Å². The molecule has 39 heavy (non-hydrogen) atoms. The fourth-order valence-corrected chi connectivity index (χ4v) is 11.9. The van der Waals surface area contributed by atoms with Crippen LogP contribution in [0.1, 0.15) is 51.4 Å². The Bertz CT molecular complexity index is 580. The molecule has 0 saturated heterocycles. The maximum absolute atomic E-state index is 6.23. The highest BCUT2D eigenvalue weighted by Crippen LogP contribution is 2.23. The summed E-state index contributed by atoms with van der Waals surface area (Å²) >= 11 is 0. The highest BCUT2D eigenvalue weighted by Gasteiger charge is 2.44. The molecule has 0 heterocycles. The lowest BCUT2D eigenvalue weighted by Crippen LogP contribution is -2.59. The van der Waals surface area contributed by atoms with Crippen molar-refractivity contribution in [3.8, 4) is 0 Å². The minimum Gasteiger partial charge on any atom is -0.386 e. The van der Waals surface area contributed by atoms with E-state index < -0.39 is 26.3 Å². The Balaban J connectivity index is 2.74. The van der Waals surface area contributed by atoms with Gasteiger partial charge in [0.1, 0.15) is 0 Å². The van der Waals surface area contributed by atoms with Crippen LogP contribution in [0.15, 0.2) is 0 Å². The molecular formula is C25H59N3O8Si3. The van der Waals surface area contributed by atoms with Crippen LogP contribution in [0.4, 0.5) is 0 Å². The molecule has 0 spiro atoms. The van der Waals surface area contributed by atoms with Gasteiger partial charge in [-0.3, -0.25) is 4.57 Å². The lowest BCUT2D eigenvalue weighted by atomic mass is 9.95. The zero-order valence-corrected chi connectivity index (χ0v) is 29.1. The molecule has 2 N–H and O–H groups in total. The van der Waals surface area contributed by atoms with E-state index in [9.17, 15) is 0 Å². The quantitative estimate of drug-likeness (QED) is 0.117. The summed E-state index contributed by atoms with van der Waals surface area (Å²) in [6.45, 7) is 4.32. The molecule has 0 aromatic heterocycles. The lowest BCUT2D eigenvalue weighted by Gasteiger charge is -2.39. The van der Waals surface area contributed by atoms with Gasteiger partial charge in [-0.25, -0.2) is 0 Å². The third kappa shape index (κ3) is 12.5. The van der Waals surface area contributed by atoms with Crippen molar-refractivity contribution in [3.05, 3.63) is 0 Å². The van der Waals surface area contributed by atoms with Gasteiger partial charge in [-0.2, -0.15) is 0 Å². The maximum Gasteiger partial charge on any atom is 0.500 e. The van der Waals surface area contributed by atoms with Gasteiger partial charge in [-0.05, 0) is 51.7 Å². The van der Waals surface area contributed by atoms with E-state index in [1.165, 1.54) is 32.1 Å². The van der Waals surface area contributed by atoms with Gasteiger partial charge >= 0.3 is 26.3 Å². The van der Waals surface area contributed by atoms with Crippen molar-refractivity contribution in [1.29, 1.82) is 0 Å². The number of hydrogen-bond acceptors (Lipinski definition) is 11. The SMILES string of the molecule is CO[Si](CCCNCCN(CCC[Si](OC)(OC)OC)[Si](CCCNC1CCCCC1)(OC)OC)(OC)OC. The standard InChI is InChI=1S/C25H59N3O8Si3/c1-29-37(30-2,22-13-18-27-25-15-10-9-11-16-25)28(20-14-24-39(34-6,35-7)36-8)21-19-26-17-12-23-38(31-3,32-4)33-5/h25-27H,9-24H2,1-8H3. The molecule has 0 unspecified atom stereocenters. The van der Waals surface area contributed by atoms with E-state index in [2.05, 4.69) is 15.2 Å². The van der Waals surface area contributed by atoms with Crippen LogP contribution in [0.5, 0.6) is 0 Å². The minimum absolute atomic E-state index is 0.659. The molecule has 0 atom stereocenters. The largest absolute Gasteiger partial charge is 0.500 e. The van der Waals surface area contributed by atoms with Gasteiger partial charge in [0.25, 0.3) is 0 Å². The lowest BCUT2D eigenvalue weighted by molar-refractivity contribution is 0.119. The van der Waals surface area contributed by atoms with Crippen molar-refractivity contribution in [2.24, 2.45) is 0 Å². The Labute approximate surface area is 241 Å². The molecule has 0 aromatic rings. The monoisotopic (exact) mass is 613 g/mol. The predicted molar refractivity (Wildman–Crippen MR) is 161 cm³/mol. The summed E-state index contributed by atoms with van der Waals surface area (Å²) in [5, 5.41) is 7.35. The summed E-state index contributed by atoms with van der Waals surface area (Å²) < 4.78 is 48.5. The zero-order chi connectivity index (χ0) is 29.0. The molecular weight excluding hydrogens is 555 g/mol. The van der Waals surface area contributed by atoms with E-state index in [0.717, 1.165) is 70.1 Å². The highest BCUT2D eigenvalue weighted by atomic mass is 28.4. The number of nitrogens with zero attached hydrogens (tertiary/aromatic N) is 1. The van der Waals surface area contributed by atoms with Crippen LogP contribution in [-0.2, 0) is 35.4 Å². The maximum atomic E-state index is 6.23. The Morgan fingerprint density at radius 2 is 1.08 bits per heavy atom. The van der Waals surface area contributed by atoms with E-state index >= 15 is 0 Å². The molecule has 14 heteroatoms. The second kappa shape index (κ2) is 21.0. The molecule has 0 aromatic carbocycles. The van der Waals surface area contributed by atoms with Crippen LogP contribution >= 0.6 is 0 Å². The van der Waals surface area contributed by atoms with Crippen LogP contribution < -0.4 is 10.6 Å². The van der Waals surface area contributed by atoms with Crippen molar-refractivity contribution < 1.29 is 35.4 Å². The second-order valence-electron chi connectivity index (χ2n) is 10.0. The first-order chi connectivity index (χ1) is 18.9. The van der Waals surface area contributed by atoms with Gasteiger partial charge in [-0.1, -0.05) is 19.3 Å². The number of nitrogens with one attached hydrogen (secondary N) is 2. The molecule has 0 bridgehead atoms. The van der Waals surface area contributed by atoms with Gasteiger partial charge in [0.2, 0.25) is 0 Å². The highest BCUT2D eigenvalue weighted by molar-refractivity contribution is 6.64. The number of rotatable bonds is 25. The molecule has 0 amide bonds. The van der Waals surface area contributed by atoms with Gasteiger partial charge in [-0.15, -0.1) is 0 Å². The van der Waals surface area contributed by atoms with Crippen LogP contribution in [0.25, 0.3) is 0 Å². The summed E-state index contributed by atoms with van der Waals surface area (Å²) in [7, 11) is 5.77. The third-order valence-electron chi connectivity index (χ3n) is 8.00. The van der Waals surface area contributed by atoms with E-state index in [-0.39, 0.29) is 0 Å². The summed E-state index contributed by atoms with van der Waals surface area (Å²) in [6.07, 6.45) is 9.45. The van der Waals surface area contributed by atoms with Crippen molar-refractivity contribution in [1.82, 2.24) is 15.2 Å². The molecule has 1 fully saturated rings. The summed E-state index contributed by atoms with van der Waals surface area (Å²) in [5.74, 6) is 0. The predicted octanol–water partition coefficient (Wildman–Crippen LogP) is 2.96. The van der Waals surface area contributed by atoms with Crippen LogP contribution in [0, 0.1) is 0 Å². The molecule has 0 radical (unpaired) electrons. The molecule has 1 aliphatic rings. The van der Waals surface area contributed by atoms with E-state index in [0.29, 0.717) is 6.04 Å². The molecule has 11 nitrogen and oxygen atoms in total. The van der Waals surface area contributed by atoms with E-state index in [4.69, 9.17) is 35.4 Å². The molecule has 234 valence electrons. The van der Waals surface area contributed by atoms with Crippen molar-refractivity contribution in [3.63, 3.8) is 0 Å². The van der Waals surface area contributed by atoms with Crippen molar-refractivity contribution in [2.45, 2.75) is 75.5 Å². The molecule has 1 saturated carbocycles. The number of hydrogen-bond donors (Lipinski definition) is 2. The topological polar surface area (TPSA) is 101 Å². The second-order valence-corrected chi connectivity index (χ2v) is 19.6. The van der Waals surface area contributed by atoms with E-state index in [1.807, 2.05) is 0 Å². The van der Waals surface area contributed by atoms with E-state index in [1.54, 1.807) is 56.9 Å². The fourth-order valence-electron chi connectivity index (χ4n) is 5.45. The fraction of sp³-hybridized carbons (Fsp3) is 1.00. The van der Waals surface area contributed by atoms with Crippen LogP contribution in [-0.4, -0.2) is 127 Å². The molecule has 1 rings (SSSR count). The summed E-state index contributed by atoms with van der Waals surface area (Å²) in [6, 6.07) is 3.07. The average Bonchev–Trinajstić information content (AvgIpc) is 2.99. The van der Waals surface area contributed by atoms with Crippen LogP contribution in [0.2, 0.25) is 18.1 Å². The first-order valence-electron chi connectivity index (χ1n) is 14.5.